The Balaban J connectivity index is 1.69. The number of hydrogen-bond acceptors (Lipinski definition) is 5. The maximum atomic E-state index is 11.9. The Kier molecular flexibility index (Phi) is 2.92. The molecule has 3 heterocycles. The fourth-order valence-electron chi connectivity index (χ4n) is 1.83. The van der Waals surface area contributed by atoms with Crippen molar-refractivity contribution < 1.29 is 14.3 Å². The Morgan fingerprint density at radius 3 is 3.29 bits per heavy atom. The average Bonchev–Trinajstić information content (AvgIpc) is 2.90. The highest BCUT2D eigenvalue weighted by Gasteiger charge is 2.23. The molecule has 5 nitrogen and oxygen atoms in total. The molecule has 2 aromatic rings. The highest BCUT2D eigenvalue weighted by atomic mass is 32.1. The lowest BCUT2D eigenvalue weighted by molar-refractivity contribution is -0.144. The third kappa shape index (κ3) is 2.24. The van der Waals surface area contributed by atoms with Gasteiger partial charge in [-0.25, -0.2) is 4.98 Å². The molecule has 0 bridgehead atoms. The van der Waals surface area contributed by atoms with Crippen LogP contribution >= 0.6 is 11.3 Å². The molecule has 1 aliphatic rings. The zero-order valence-corrected chi connectivity index (χ0v) is 9.98. The maximum Gasteiger partial charge on any atom is 0.193 e. The zero-order chi connectivity index (χ0) is 11.7. The van der Waals surface area contributed by atoms with Crippen LogP contribution in [0.2, 0.25) is 0 Å². The lowest BCUT2D eigenvalue weighted by Gasteiger charge is -2.21. The number of rotatable bonds is 3. The molecular formula is C11H12N2O3S. The maximum absolute atomic E-state index is 11.9. The van der Waals surface area contributed by atoms with Crippen LogP contribution in [0.5, 0.6) is 0 Å². The molecule has 2 aromatic heterocycles. The summed E-state index contributed by atoms with van der Waals surface area (Å²) in [7, 11) is 0. The van der Waals surface area contributed by atoms with Gasteiger partial charge in [-0.1, -0.05) is 0 Å². The quantitative estimate of drug-likeness (QED) is 0.815. The number of thiazole rings is 1. The molecule has 0 aliphatic carbocycles. The lowest BCUT2D eigenvalue weighted by Crippen LogP contribution is -2.36. The normalized spacial score (nSPS) is 20.8. The van der Waals surface area contributed by atoms with E-state index in [4.69, 9.17) is 9.47 Å². The number of ether oxygens (including phenoxy) is 2. The van der Waals surface area contributed by atoms with Gasteiger partial charge >= 0.3 is 0 Å². The van der Waals surface area contributed by atoms with Crippen molar-refractivity contribution in [2.24, 2.45) is 0 Å². The Hall–Kier alpha value is -1.24. The smallest absolute Gasteiger partial charge is 0.193 e. The number of nitrogens with zero attached hydrogens (tertiary/aromatic N) is 2. The summed E-state index contributed by atoms with van der Waals surface area (Å²) >= 11 is 1.56. The molecule has 1 saturated heterocycles. The van der Waals surface area contributed by atoms with Crippen LogP contribution in [0.15, 0.2) is 17.8 Å². The number of carbonyl (C=O) groups excluding carboxylic acids is 1. The van der Waals surface area contributed by atoms with Gasteiger partial charge in [0.15, 0.2) is 10.7 Å². The van der Waals surface area contributed by atoms with Crippen LogP contribution in [0.3, 0.4) is 0 Å². The topological polar surface area (TPSA) is 52.8 Å². The fourth-order valence-corrected chi connectivity index (χ4v) is 2.55. The van der Waals surface area contributed by atoms with E-state index in [0.29, 0.717) is 26.2 Å². The molecule has 0 amide bonds. The van der Waals surface area contributed by atoms with E-state index >= 15 is 0 Å². The van der Waals surface area contributed by atoms with Crippen molar-refractivity contribution in [3.63, 3.8) is 0 Å². The van der Waals surface area contributed by atoms with Crippen molar-refractivity contribution in [3.05, 3.63) is 23.5 Å². The Labute approximate surface area is 102 Å². The molecule has 90 valence electrons. The van der Waals surface area contributed by atoms with Gasteiger partial charge in [0.05, 0.1) is 31.9 Å². The monoisotopic (exact) mass is 252 g/mol. The summed E-state index contributed by atoms with van der Waals surface area (Å²) < 4.78 is 12.5. The number of hydrogen-bond donors (Lipinski definition) is 0. The summed E-state index contributed by atoms with van der Waals surface area (Å²) in [5, 5.41) is 1.96. The molecule has 0 radical (unpaired) electrons. The SMILES string of the molecule is O=C(Cc1cn2ccsc2n1)C1COCCO1. The summed E-state index contributed by atoms with van der Waals surface area (Å²) in [6.07, 6.45) is 3.69. The lowest BCUT2D eigenvalue weighted by atomic mass is 10.1. The molecule has 1 unspecified atom stereocenters. The van der Waals surface area contributed by atoms with E-state index in [1.807, 2.05) is 22.2 Å². The minimum Gasteiger partial charge on any atom is -0.376 e. The summed E-state index contributed by atoms with van der Waals surface area (Å²) in [6.45, 7) is 1.43. The van der Waals surface area contributed by atoms with Gasteiger partial charge in [-0.15, -0.1) is 11.3 Å². The van der Waals surface area contributed by atoms with E-state index in [0.717, 1.165) is 10.7 Å². The van der Waals surface area contributed by atoms with Crippen LogP contribution in [0.25, 0.3) is 4.96 Å². The van der Waals surface area contributed by atoms with Gasteiger partial charge in [0.1, 0.15) is 6.10 Å². The van der Waals surface area contributed by atoms with Crippen molar-refractivity contribution in [2.75, 3.05) is 19.8 Å². The van der Waals surface area contributed by atoms with Crippen LogP contribution in [-0.4, -0.2) is 41.1 Å². The molecule has 17 heavy (non-hydrogen) atoms. The Morgan fingerprint density at radius 1 is 1.59 bits per heavy atom. The predicted molar refractivity (Wildman–Crippen MR) is 62.3 cm³/mol. The summed E-state index contributed by atoms with van der Waals surface area (Å²) in [4.78, 5) is 17.2. The minimum absolute atomic E-state index is 0.0375. The first kappa shape index (κ1) is 10.9. The molecule has 1 fully saturated rings. The first-order valence-corrected chi connectivity index (χ1v) is 6.34. The number of fused-ring (bicyclic) bond motifs is 1. The molecule has 0 spiro atoms. The van der Waals surface area contributed by atoms with Crippen LogP contribution < -0.4 is 0 Å². The van der Waals surface area contributed by atoms with Gasteiger partial charge < -0.3 is 9.47 Å². The standard InChI is InChI=1S/C11H12N2O3S/c14-9(10-7-15-2-3-16-10)5-8-6-13-1-4-17-11(13)12-8/h1,4,6,10H,2-3,5,7H2. The van der Waals surface area contributed by atoms with E-state index in [1.54, 1.807) is 11.3 Å². The van der Waals surface area contributed by atoms with E-state index < -0.39 is 6.10 Å². The number of ketones is 1. The molecule has 0 saturated carbocycles. The van der Waals surface area contributed by atoms with Gasteiger partial charge in [0.25, 0.3) is 0 Å². The van der Waals surface area contributed by atoms with E-state index in [1.165, 1.54) is 0 Å². The van der Waals surface area contributed by atoms with E-state index in [2.05, 4.69) is 4.98 Å². The van der Waals surface area contributed by atoms with Gasteiger partial charge in [-0.2, -0.15) is 0 Å². The number of carbonyl (C=O) groups is 1. The first-order valence-electron chi connectivity index (χ1n) is 5.46. The summed E-state index contributed by atoms with van der Waals surface area (Å²) in [5.41, 5.74) is 0.788. The highest BCUT2D eigenvalue weighted by Crippen LogP contribution is 2.13. The molecule has 0 aromatic carbocycles. The highest BCUT2D eigenvalue weighted by molar-refractivity contribution is 7.15. The second kappa shape index (κ2) is 4.56. The molecule has 3 rings (SSSR count). The zero-order valence-electron chi connectivity index (χ0n) is 9.17. The predicted octanol–water partition coefficient (Wildman–Crippen LogP) is 0.923. The van der Waals surface area contributed by atoms with Gasteiger partial charge in [-0.3, -0.25) is 9.20 Å². The largest absolute Gasteiger partial charge is 0.376 e. The van der Waals surface area contributed by atoms with Crippen LogP contribution in [0.4, 0.5) is 0 Å². The Bertz CT molecular complexity index is 499. The van der Waals surface area contributed by atoms with Crippen molar-refractivity contribution >= 4 is 22.1 Å². The summed E-state index contributed by atoms with van der Waals surface area (Å²) in [6, 6.07) is 0. The molecule has 0 N–H and O–H groups in total. The second-order valence-electron chi connectivity index (χ2n) is 3.90. The third-order valence-electron chi connectivity index (χ3n) is 2.67. The second-order valence-corrected chi connectivity index (χ2v) is 4.78. The molecular weight excluding hydrogens is 240 g/mol. The van der Waals surface area contributed by atoms with Crippen molar-refractivity contribution in [2.45, 2.75) is 12.5 Å². The van der Waals surface area contributed by atoms with Crippen molar-refractivity contribution in [1.82, 2.24) is 9.38 Å². The fraction of sp³-hybridized carbons (Fsp3) is 0.455. The first-order chi connectivity index (χ1) is 8.33. The van der Waals surface area contributed by atoms with Gasteiger partial charge in [-0.05, 0) is 0 Å². The van der Waals surface area contributed by atoms with Crippen molar-refractivity contribution in [3.8, 4) is 0 Å². The number of imidazole rings is 1. The van der Waals surface area contributed by atoms with Crippen LogP contribution in [0.1, 0.15) is 5.69 Å². The molecule has 1 aliphatic heterocycles. The molecule has 1 atom stereocenters. The van der Waals surface area contributed by atoms with Gasteiger partial charge in [0.2, 0.25) is 0 Å². The number of aromatic nitrogens is 2. The average molecular weight is 252 g/mol. The van der Waals surface area contributed by atoms with E-state index in [-0.39, 0.29) is 5.78 Å². The van der Waals surface area contributed by atoms with Crippen LogP contribution in [-0.2, 0) is 20.7 Å². The van der Waals surface area contributed by atoms with E-state index in [9.17, 15) is 4.79 Å². The van der Waals surface area contributed by atoms with Gasteiger partial charge in [0, 0.05) is 17.8 Å². The minimum atomic E-state index is -0.427. The van der Waals surface area contributed by atoms with Crippen LogP contribution in [0, 0.1) is 0 Å². The Morgan fingerprint density at radius 2 is 2.53 bits per heavy atom. The third-order valence-corrected chi connectivity index (χ3v) is 3.44. The molecule has 6 heteroatoms. The van der Waals surface area contributed by atoms with Crippen molar-refractivity contribution in [1.29, 1.82) is 0 Å². The summed E-state index contributed by atoms with van der Waals surface area (Å²) in [5.74, 6) is 0.0375. The number of Topliss-reactive ketones (excluding diaryl/α,β-unsaturated/α-hetero) is 1.